The van der Waals surface area contributed by atoms with E-state index < -0.39 is 0 Å². The zero-order chi connectivity index (χ0) is 12.8. The Kier molecular flexibility index (Phi) is 2.84. The van der Waals surface area contributed by atoms with Crippen LogP contribution in [0.2, 0.25) is 0 Å². The van der Waals surface area contributed by atoms with E-state index in [4.69, 9.17) is 0 Å². The molecule has 0 heteroatoms. The Balaban J connectivity index is 1.97. The zero-order valence-electron chi connectivity index (χ0n) is 11.9. The first-order valence-electron chi connectivity index (χ1n) is 7.40. The molecule has 0 radical (unpaired) electrons. The third kappa shape index (κ3) is 1.92. The normalized spacial score (nSPS) is 34.6. The van der Waals surface area contributed by atoms with Crippen molar-refractivity contribution < 1.29 is 0 Å². The monoisotopic (exact) mass is 240 g/mol. The maximum atomic E-state index is 2.54. The molecule has 96 valence electrons. The minimum Gasteiger partial charge on any atom is -0.0666 e. The maximum Gasteiger partial charge on any atom is 0.00793 e. The molecule has 0 spiro atoms. The molecule has 1 saturated carbocycles. The van der Waals surface area contributed by atoms with Crippen molar-refractivity contribution in [2.75, 3.05) is 0 Å². The quantitative estimate of drug-likeness (QED) is 0.706. The average Bonchev–Trinajstić information content (AvgIpc) is 2.69. The van der Waals surface area contributed by atoms with E-state index in [-0.39, 0.29) is 0 Å². The summed E-state index contributed by atoms with van der Waals surface area (Å²) >= 11 is 0. The molecule has 1 aromatic rings. The van der Waals surface area contributed by atoms with Gasteiger partial charge in [-0.1, -0.05) is 57.0 Å². The summed E-state index contributed by atoms with van der Waals surface area (Å²) in [7, 11) is 0. The van der Waals surface area contributed by atoms with Gasteiger partial charge in [0, 0.05) is 5.41 Å². The van der Waals surface area contributed by atoms with Crippen molar-refractivity contribution in [1.82, 2.24) is 0 Å². The Morgan fingerprint density at radius 2 is 1.78 bits per heavy atom. The Morgan fingerprint density at radius 1 is 1.06 bits per heavy atom. The lowest BCUT2D eigenvalue weighted by molar-refractivity contribution is 0.225. The smallest absolute Gasteiger partial charge is 0.00793 e. The molecule has 2 aliphatic rings. The van der Waals surface area contributed by atoms with E-state index in [2.05, 4.69) is 51.1 Å². The minimum absolute atomic E-state index is 0.300. The first-order valence-corrected chi connectivity index (χ1v) is 7.40. The average molecular weight is 240 g/mol. The van der Waals surface area contributed by atoms with E-state index in [0.29, 0.717) is 5.41 Å². The Labute approximate surface area is 110 Å². The molecular formula is C18H24. The molecule has 1 fully saturated rings. The predicted molar refractivity (Wildman–Crippen MR) is 78.6 cm³/mol. The van der Waals surface area contributed by atoms with Crippen molar-refractivity contribution in [3.63, 3.8) is 0 Å². The molecule has 0 bridgehead atoms. The molecular weight excluding hydrogens is 216 g/mol. The van der Waals surface area contributed by atoms with E-state index in [1.165, 1.54) is 41.7 Å². The standard InChI is InChI=1S/C18H24/c1-13-7-9-16(10-8-13)18(3)11-15-6-4-5-14(2)17(15)12-18/h4-6,11-13,16H,7-10H2,1-3H3. The summed E-state index contributed by atoms with van der Waals surface area (Å²) in [6.07, 6.45) is 10.7. The van der Waals surface area contributed by atoms with Crippen LogP contribution in [0.25, 0.3) is 12.2 Å². The molecule has 1 aromatic carbocycles. The number of hydrogen-bond donors (Lipinski definition) is 0. The molecule has 2 aliphatic carbocycles. The van der Waals surface area contributed by atoms with Gasteiger partial charge in [-0.25, -0.2) is 0 Å². The van der Waals surface area contributed by atoms with Gasteiger partial charge in [0.05, 0.1) is 0 Å². The van der Waals surface area contributed by atoms with Crippen LogP contribution in [0.1, 0.15) is 45.1 Å². The molecule has 0 saturated heterocycles. The molecule has 1 atom stereocenters. The highest BCUT2D eigenvalue weighted by atomic mass is 14.4. The minimum atomic E-state index is 0.300. The van der Waals surface area contributed by atoms with Gasteiger partial charge in [-0.3, -0.25) is 0 Å². The SMILES string of the molecule is Cc1cccc2c1=CC(C)(C1CCC(C)CC1)C=2. The summed E-state index contributed by atoms with van der Waals surface area (Å²) in [5.41, 5.74) is 1.73. The lowest BCUT2D eigenvalue weighted by Gasteiger charge is -2.36. The molecule has 0 amide bonds. The molecule has 0 aliphatic heterocycles. The second kappa shape index (κ2) is 4.26. The zero-order valence-corrected chi connectivity index (χ0v) is 11.9. The molecule has 1 unspecified atom stereocenters. The van der Waals surface area contributed by atoms with Crippen molar-refractivity contribution in [3.05, 3.63) is 34.2 Å². The lowest BCUT2D eigenvalue weighted by atomic mass is 9.68. The van der Waals surface area contributed by atoms with Crippen molar-refractivity contribution in [2.45, 2.75) is 46.5 Å². The van der Waals surface area contributed by atoms with E-state index >= 15 is 0 Å². The second-order valence-electron chi connectivity index (χ2n) is 6.69. The molecule has 0 N–H and O–H groups in total. The van der Waals surface area contributed by atoms with Gasteiger partial charge in [0.15, 0.2) is 0 Å². The van der Waals surface area contributed by atoms with Crippen LogP contribution in [-0.2, 0) is 0 Å². The fourth-order valence-electron chi connectivity index (χ4n) is 3.83. The van der Waals surface area contributed by atoms with Gasteiger partial charge in [-0.2, -0.15) is 0 Å². The van der Waals surface area contributed by atoms with E-state index in [1.807, 2.05) is 0 Å². The van der Waals surface area contributed by atoms with Crippen LogP contribution in [0.3, 0.4) is 0 Å². The van der Waals surface area contributed by atoms with Crippen molar-refractivity contribution >= 4 is 12.2 Å². The number of fused-ring (bicyclic) bond motifs is 1. The van der Waals surface area contributed by atoms with Crippen molar-refractivity contribution in [3.8, 4) is 0 Å². The van der Waals surface area contributed by atoms with Crippen LogP contribution in [0.4, 0.5) is 0 Å². The summed E-state index contributed by atoms with van der Waals surface area (Å²) in [4.78, 5) is 0. The largest absolute Gasteiger partial charge is 0.0666 e. The third-order valence-corrected chi connectivity index (χ3v) is 5.18. The van der Waals surface area contributed by atoms with E-state index in [1.54, 1.807) is 0 Å². The number of aryl methyl sites for hydroxylation is 1. The van der Waals surface area contributed by atoms with Gasteiger partial charge in [0.1, 0.15) is 0 Å². The van der Waals surface area contributed by atoms with Gasteiger partial charge >= 0.3 is 0 Å². The number of hydrogen-bond acceptors (Lipinski definition) is 0. The van der Waals surface area contributed by atoms with E-state index in [9.17, 15) is 0 Å². The summed E-state index contributed by atoms with van der Waals surface area (Å²) in [5, 5.41) is 2.94. The first kappa shape index (κ1) is 12.0. The highest BCUT2D eigenvalue weighted by molar-refractivity contribution is 5.58. The van der Waals surface area contributed by atoms with Crippen LogP contribution in [0, 0.1) is 24.2 Å². The molecule has 0 nitrogen and oxygen atoms in total. The van der Waals surface area contributed by atoms with Crippen molar-refractivity contribution in [2.24, 2.45) is 17.3 Å². The summed E-state index contributed by atoms with van der Waals surface area (Å²) in [6.45, 7) is 7.07. The molecule has 0 aromatic heterocycles. The van der Waals surface area contributed by atoms with Crippen LogP contribution in [-0.4, -0.2) is 0 Å². The van der Waals surface area contributed by atoms with Gasteiger partial charge in [-0.05, 0) is 47.6 Å². The van der Waals surface area contributed by atoms with Crippen LogP contribution < -0.4 is 10.4 Å². The maximum absolute atomic E-state index is 2.54. The Bertz CT molecular complexity index is 558. The first-order chi connectivity index (χ1) is 8.58. The summed E-state index contributed by atoms with van der Waals surface area (Å²) < 4.78 is 0. The molecule has 3 rings (SSSR count). The van der Waals surface area contributed by atoms with E-state index in [0.717, 1.165) is 11.8 Å². The van der Waals surface area contributed by atoms with Crippen LogP contribution >= 0.6 is 0 Å². The lowest BCUT2D eigenvalue weighted by Crippen LogP contribution is -2.26. The third-order valence-electron chi connectivity index (χ3n) is 5.18. The number of benzene rings is 1. The fourth-order valence-corrected chi connectivity index (χ4v) is 3.83. The fraction of sp³-hybridized carbons (Fsp3) is 0.556. The summed E-state index contributed by atoms with van der Waals surface area (Å²) in [6, 6.07) is 6.70. The van der Waals surface area contributed by atoms with Crippen LogP contribution in [0.5, 0.6) is 0 Å². The van der Waals surface area contributed by atoms with Gasteiger partial charge in [0.2, 0.25) is 0 Å². The topological polar surface area (TPSA) is 0 Å². The van der Waals surface area contributed by atoms with Crippen molar-refractivity contribution in [1.29, 1.82) is 0 Å². The molecule has 0 heterocycles. The second-order valence-corrected chi connectivity index (χ2v) is 6.69. The van der Waals surface area contributed by atoms with Crippen LogP contribution in [0.15, 0.2) is 18.2 Å². The highest BCUT2D eigenvalue weighted by Gasteiger charge is 2.34. The van der Waals surface area contributed by atoms with Gasteiger partial charge < -0.3 is 0 Å². The van der Waals surface area contributed by atoms with Gasteiger partial charge in [-0.15, -0.1) is 0 Å². The predicted octanol–water partition coefficient (Wildman–Crippen LogP) is 3.40. The molecule has 18 heavy (non-hydrogen) atoms. The number of rotatable bonds is 1. The summed E-state index contributed by atoms with van der Waals surface area (Å²) in [5.74, 6) is 1.79. The Morgan fingerprint density at radius 3 is 2.44 bits per heavy atom. The highest BCUT2D eigenvalue weighted by Crippen LogP contribution is 2.43. The van der Waals surface area contributed by atoms with Gasteiger partial charge in [0.25, 0.3) is 0 Å². The Hall–Kier alpha value is -1.04.